The fourth-order valence-corrected chi connectivity index (χ4v) is 1.55. The normalized spacial score (nSPS) is 11.8. The molecule has 0 heterocycles. The van der Waals surface area contributed by atoms with Gasteiger partial charge in [-0.25, -0.2) is 4.39 Å². The van der Waals surface area contributed by atoms with E-state index < -0.39 is 11.7 Å². The van der Waals surface area contributed by atoms with Crippen LogP contribution in [0.4, 0.5) is 17.6 Å². The van der Waals surface area contributed by atoms with Crippen LogP contribution in [0.3, 0.4) is 0 Å². The monoisotopic (exact) mass is 296 g/mol. The average Bonchev–Trinajstić information content (AvgIpc) is 2.43. The van der Waals surface area contributed by atoms with Gasteiger partial charge < -0.3 is 4.84 Å². The average molecular weight is 296 g/mol. The first kappa shape index (κ1) is 15.0. The minimum Gasteiger partial charge on any atom is -0.390 e. The van der Waals surface area contributed by atoms with Crippen molar-refractivity contribution in [3.8, 4) is 0 Å². The molecule has 2 aromatic rings. The number of hydrogen-bond acceptors (Lipinski definition) is 2. The van der Waals surface area contributed by atoms with Crippen LogP contribution in [0.25, 0.3) is 0 Å². The third-order valence-electron chi connectivity index (χ3n) is 2.57. The molecule has 0 unspecified atom stereocenters. The van der Waals surface area contributed by atoms with Crippen LogP contribution < -0.4 is 0 Å². The molecule has 6 heteroatoms. The highest BCUT2D eigenvalue weighted by Gasteiger charge is 2.29. The van der Waals surface area contributed by atoms with E-state index >= 15 is 0 Å². The second-order valence-electron chi connectivity index (χ2n) is 4.18. The molecule has 0 atom stereocenters. The van der Waals surface area contributed by atoms with Crippen molar-refractivity contribution in [1.82, 2.24) is 0 Å². The third-order valence-corrected chi connectivity index (χ3v) is 2.57. The molecule has 0 aliphatic carbocycles. The Labute approximate surface area is 118 Å². The van der Waals surface area contributed by atoms with Crippen molar-refractivity contribution < 1.29 is 22.4 Å². The van der Waals surface area contributed by atoms with Crippen molar-refractivity contribution in [1.29, 1.82) is 0 Å². The van der Waals surface area contributed by atoms with Gasteiger partial charge >= 0.3 is 6.18 Å². The number of alkyl halides is 3. The largest absolute Gasteiger partial charge is 0.416 e. The van der Waals surface area contributed by atoms with Gasteiger partial charge in [-0.3, -0.25) is 0 Å². The Balaban J connectivity index is 1.90. The smallest absolute Gasteiger partial charge is 0.390 e. The Morgan fingerprint density at radius 1 is 1.05 bits per heavy atom. The molecule has 0 aromatic heterocycles. The zero-order chi connectivity index (χ0) is 15.3. The van der Waals surface area contributed by atoms with Gasteiger partial charge in [0.1, 0.15) is 18.6 Å². The molecule has 2 rings (SSSR count). The van der Waals surface area contributed by atoms with Crippen molar-refractivity contribution in [3.63, 3.8) is 0 Å². The first-order valence-electron chi connectivity index (χ1n) is 5.95. The Kier molecular flexibility index (Phi) is 4.57. The zero-order valence-corrected chi connectivity index (χ0v) is 10.7. The van der Waals surface area contributed by atoms with E-state index in [1.54, 1.807) is 6.07 Å². The van der Waals surface area contributed by atoms with Crippen LogP contribution in [0, 0.1) is 5.82 Å². The molecule has 0 bridgehead atoms. The van der Waals surface area contributed by atoms with E-state index in [1.807, 2.05) is 0 Å². The van der Waals surface area contributed by atoms with Crippen LogP contribution in [0.1, 0.15) is 16.7 Å². The number of hydrogen-bond donors (Lipinski definition) is 0. The molecule has 0 fully saturated rings. The maximum absolute atomic E-state index is 12.9. The van der Waals surface area contributed by atoms with Gasteiger partial charge in [0.05, 0.1) is 5.56 Å². The first-order valence-corrected chi connectivity index (χ1v) is 5.95. The molecule has 0 saturated heterocycles. The van der Waals surface area contributed by atoms with Crippen molar-refractivity contribution in [2.24, 2.45) is 5.16 Å². The van der Waals surface area contributed by atoms with Gasteiger partial charge in [0.15, 0.2) is 0 Å². The third kappa shape index (κ3) is 4.59. The maximum Gasteiger partial charge on any atom is 0.416 e. The summed E-state index contributed by atoms with van der Waals surface area (Å²) in [6.45, 7) is 0.0470. The van der Waals surface area contributed by atoms with E-state index in [0.717, 1.165) is 12.1 Å². The van der Waals surface area contributed by atoms with Crippen LogP contribution in [-0.4, -0.2) is 6.21 Å². The Bertz CT molecular complexity index is 620. The van der Waals surface area contributed by atoms with E-state index in [9.17, 15) is 17.6 Å². The van der Waals surface area contributed by atoms with Crippen LogP contribution in [-0.2, 0) is 17.6 Å². The highest BCUT2D eigenvalue weighted by molar-refractivity contribution is 5.79. The van der Waals surface area contributed by atoms with Crippen LogP contribution in [0.5, 0.6) is 0 Å². The Hall–Kier alpha value is -2.37. The van der Waals surface area contributed by atoms with E-state index in [2.05, 4.69) is 11.4 Å². The summed E-state index contributed by atoms with van der Waals surface area (Å²) in [6, 6.07) is 10.1. The number of nitrogens with zero attached hydrogens (tertiary/aromatic N) is 1. The fraction of sp³-hybridized carbons (Fsp3) is 0.133. The number of halogens is 4. The van der Waals surface area contributed by atoms with Crippen LogP contribution in [0.15, 0.2) is 53.7 Å². The summed E-state index contributed by atoms with van der Waals surface area (Å²) in [4.78, 5) is 4.90. The molecule has 0 N–H and O–H groups in total. The summed E-state index contributed by atoms with van der Waals surface area (Å²) in [6.07, 6.45) is -1.92. The lowest BCUT2D eigenvalue weighted by Gasteiger charge is -2.05. The summed E-state index contributed by atoms with van der Waals surface area (Å²) >= 11 is 0. The zero-order valence-electron chi connectivity index (χ0n) is 10.7. The lowest BCUT2D eigenvalue weighted by Crippen LogP contribution is -2.04. The molecule has 2 nitrogen and oxygen atoms in total. The lowest BCUT2D eigenvalue weighted by molar-refractivity contribution is -0.137. The molecule has 0 spiro atoms. The minimum atomic E-state index is -4.37. The lowest BCUT2D eigenvalue weighted by atomic mass is 10.1. The minimum absolute atomic E-state index is 0.0470. The predicted molar refractivity (Wildman–Crippen MR) is 69.2 cm³/mol. The SMILES string of the molecule is Fc1cccc(CO/N=[C]\c2ccc(C(F)(F)F)cc2)c1. The van der Waals surface area contributed by atoms with Crippen molar-refractivity contribution in [3.05, 3.63) is 71.0 Å². The summed E-state index contributed by atoms with van der Waals surface area (Å²) in [5, 5.41) is 3.50. The first-order chi connectivity index (χ1) is 9.95. The van der Waals surface area contributed by atoms with Gasteiger partial charge in [-0.15, -0.1) is 0 Å². The standard InChI is InChI=1S/C15H10F4NO/c16-14-3-1-2-12(8-14)10-21-20-9-11-4-6-13(7-5-11)15(17,18)19/h1-8H,10H2. The second-order valence-corrected chi connectivity index (χ2v) is 4.18. The summed E-state index contributed by atoms with van der Waals surface area (Å²) < 4.78 is 49.9. The summed E-state index contributed by atoms with van der Waals surface area (Å²) in [5.74, 6) is -0.383. The summed E-state index contributed by atoms with van der Waals surface area (Å²) in [7, 11) is 0. The van der Waals surface area contributed by atoms with E-state index in [1.165, 1.54) is 30.3 Å². The van der Waals surface area contributed by atoms with Crippen molar-refractivity contribution >= 4 is 6.21 Å². The Morgan fingerprint density at radius 3 is 2.38 bits per heavy atom. The van der Waals surface area contributed by atoms with E-state index in [4.69, 9.17) is 4.84 Å². The second kappa shape index (κ2) is 6.39. The van der Waals surface area contributed by atoms with Gasteiger partial charge in [0.25, 0.3) is 0 Å². The van der Waals surface area contributed by atoms with Gasteiger partial charge in [-0.1, -0.05) is 29.4 Å². The maximum atomic E-state index is 12.9. The predicted octanol–water partition coefficient (Wildman–Crippen LogP) is 4.27. The molecular weight excluding hydrogens is 286 g/mol. The van der Waals surface area contributed by atoms with Crippen molar-refractivity contribution in [2.75, 3.05) is 0 Å². The molecule has 0 saturated carbocycles. The van der Waals surface area contributed by atoms with Crippen molar-refractivity contribution in [2.45, 2.75) is 12.8 Å². The highest BCUT2D eigenvalue weighted by atomic mass is 19.4. The van der Waals surface area contributed by atoms with Gasteiger partial charge in [0.2, 0.25) is 0 Å². The molecule has 1 radical (unpaired) electrons. The topological polar surface area (TPSA) is 21.6 Å². The summed E-state index contributed by atoms with van der Waals surface area (Å²) in [5.41, 5.74) is 0.198. The highest BCUT2D eigenvalue weighted by Crippen LogP contribution is 2.28. The molecule has 0 aliphatic heterocycles. The molecule has 0 amide bonds. The number of benzene rings is 2. The Morgan fingerprint density at radius 2 is 1.76 bits per heavy atom. The van der Waals surface area contributed by atoms with E-state index in [-0.39, 0.29) is 12.4 Å². The van der Waals surface area contributed by atoms with E-state index in [0.29, 0.717) is 11.1 Å². The fourth-order valence-electron chi connectivity index (χ4n) is 1.55. The van der Waals surface area contributed by atoms with Gasteiger partial charge in [-0.05, 0) is 29.8 Å². The quantitative estimate of drug-likeness (QED) is 0.469. The molecule has 0 aliphatic rings. The van der Waals surface area contributed by atoms with Gasteiger partial charge in [0, 0.05) is 5.56 Å². The van der Waals surface area contributed by atoms with Gasteiger partial charge in [-0.2, -0.15) is 13.2 Å². The molecular formula is C15H10F4NO. The van der Waals surface area contributed by atoms with Crippen LogP contribution >= 0.6 is 0 Å². The molecule has 2 aromatic carbocycles. The van der Waals surface area contributed by atoms with Crippen LogP contribution in [0.2, 0.25) is 0 Å². The molecule has 109 valence electrons. The number of rotatable bonds is 4. The molecule has 21 heavy (non-hydrogen) atoms.